The monoisotopic (exact) mass is 463 g/mol. The molecule has 1 N–H and O–H groups in total. The molecule has 1 amide bonds. The smallest absolute Gasteiger partial charge is 0.262 e. The van der Waals surface area contributed by atoms with Crippen LogP contribution in [0.4, 0.5) is 5.69 Å². The number of anilines is 1. The van der Waals surface area contributed by atoms with E-state index in [9.17, 15) is 13.2 Å². The van der Waals surface area contributed by atoms with Gasteiger partial charge in [0, 0.05) is 23.2 Å². The van der Waals surface area contributed by atoms with E-state index in [2.05, 4.69) is 9.88 Å². The molecule has 8 nitrogen and oxygen atoms in total. The number of sulfonamides is 1. The van der Waals surface area contributed by atoms with Crippen molar-refractivity contribution in [1.82, 2.24) is 10.1 Å². The fourth-order valence-electron chi connectivity index (χ4n) is 3.02. The number of rotatable bonds is 7. The van der Waals surface area contributed by atoms with Crippen molar-refractivity contribution >= 4 is 33.2 Å². The van der Waals surface area contributed by atoms with Crippen LogP contribution in [0.3, 0.4) is 0 Å². The summed E-state index contributed by atoms with van der Waals surface area (Å²) < 4.78 is 38.6. The standard InChI is InChI=1S/C21H22ClN3O5S/c1-13-18(14(2)30-23-13)12-25(3)21(26)15-6-5-7-17(10-15)31(27,28)24-19-11-16(22)8-9-20(19)29-4/h5-11,24H,12H2,1-4H3. The van der Waals surface area contributed by atoms with E-state index in [1.54, 1.807) is 39.1 Å². The van der Waals surface area contributed by atoms with Gasteiger partial charge >= 0.3 is 0 Å². The summed E-state index contributed by atoms with van der Waals surface area (Å²) in [7, 11) is -0.937. The van der Waals surface area contributed by atoms with Crippen LogP contribution >= 0.6 is 11.6 Å². The first-order valence-corrected chi connectivity index (χ1v) is 11.1. The van der Waals surface area contributed by atoms with Crippen molar-refractivity contribution in [2.75, 3.05) is 18.9 Å². The number of carbonyl (C=O) groups is 1. The Morgan fingerprint density at radius 1 is 1.23 bits per heavy atom. The van der Waals surface area contributed by atoms with E-state index in [1.807, 2.05) is 0 Å². The van der Waals surface area contributed by atoms with Crippen molar-refractivity contribution < 1.29 is 22.5 Å². The first kappa shape index (κ1) is 22.6. The van der Waals surface area contributed by atoms with Gasteiger partial charge in [-0.2, -0.15) is 0 Å². The number of hydrogen-bond acceptors (Lipinski definition) is 6. The van der Waals surface area contributed by atoms with Gasteiger partial charge in [-0.3, -0.25) is 9.52 Å². The Morgan fingerprint density at radius 3 is 2.61 bits per heavy atom. The molecule has 0 atom stereocenters. The summed E-state index contributed by atoms with van der Waals surface area (Å²) in [6.07, 6.45) is 0. The average molecular weight is 464 g/mol. The molecule has 0 saturated carbocycles. The van der Waals surface area contributed by atoms with Gasteiger partial charge in [-0.1, -0.05) is 22.8 Å². The van der Waals surface area contributed by atoms with Gasteiger partial charge < -0.3 is 14.2 Å². The van der Waals surface area contributed by atoms with E-state index < -0.39 is 10.0 Å². The Labute approximate surface area is 185 Å². The lowest BCUT2D eigenvalue weighted by molar-refractivity contribution is 0.0784. The van der Waals surface area contributed by atoms with Crippen LogP contribution in [-0.2, 0) is 16.6 Å². The lowest BCUT2D eigenvalue weighted by Gasteiger charge is -2.18. The van der Waals surface area contributed by atoms with Gasteiger partial charge in [0.25, 0.3) is 15.9 Å². The Bertz CT molecular complexity index is 1200. The maximum Gasteiger partial charge on any atom is 0.262 e. The van der Waals surface area contributed by atoms with Crippen LogP contribution in [0.5, 0.6) is 5.75 Å². The summed E-state index contributed by atoms with van der Waals surface area (Å²) >= 11 is 5.98. The van der Waals surface area contributed by atoms with Crippen LogP contribution in [-0.4, -0.2) is 38.5 Å². The third-order valence-corrected chi connectivity index (χ3v) is 6.32. The molecular formula is C21H22ClN3O5S. The Morgan fingerprint density at radius 2 is 1.97 bits per heavy atom. The SMILES string of the molecule is COc1ccc(Cl)cc1NS(=O)(=O)c1cccc(C(=O)N(C)Cc2c(C)noc2C)c1. The average Bonchev–Trinajstić information content (AvgIpc) is 3.05. The van der Waals surface area contributed by atoms with Gasteiger partial charge in [0.05, 0.1) is 29.9 Å². The second-order valence-electron chi connectivity index (χ2n) is 6.94. The van der Waals surface area contributed by atoms with Gasteiger partial charge in [-0.25, -0.2) is 8.42 Å². The first-order chi connectivity index (χ1) is 14.6. The van der Waals surface area contributed by atoms with E-state index in [0.717, 1.165) is 5.56 Å². The molecule has 1 aromatic heterocycles. The minimum absolute atomic E-state index is 0.0638. The summed E-state index contributed by atoms with van der Waals surface area (Å²) in [5.41, 5.74) is 1.94. The number of nitrogens with one attached hydrogen (secondary N) is 1. The minimum atomic E-state index is -3.99. The normalized spacial score (nSPS) is 11.3. The van der Waals surface area contributed by atoms with E-state index >= 15 is 0 Å². The van der Waals surface area contributed by atoms with Gasteiger partial charge in [-0.05, 0) is 50.2 Å². The molecule has 0 aliphatic heterocycles. The highest BCUT2D eigenvalue weighted by Crippen LogP contribution is 2.30. The van der Waals surface area contributed by atoms with Crippen molar-refractivity contribution in [2.24, 2.45) is 0 Å². The number of amides is 1. The first-order valence-electron chi connectivity index (χ1n) is 9.26. The van der Waals surface area contributed by atoms with Crippen LogP contribution in [0.15, 0.2) is 51.9 Å². The topological polar surface area (TPSA) is 102 Å². The van der Waals surface area contributed by atoms with Crippen molar-refractivity contribution in [2.45, 2.75) is 25.3 Å². The quantitative estimate of drug-likeness (QED) is 0.567. The van der Waals surface area contributed by atoms with Crippen LogP contribution in [0.1, 0.15) is 27.4 Å². The van der Waals surface area contributed by atoms with Crippen LogP contribution in [0.25, 0.3) is 0 Å². The van der Waals surface area contributed by atoms with E-state index in [-0.39, 0.29) is 28.6 Å². The lowest BCUT2D eigenvalue weighted by Crippen LogP contribution is -2.27. The Kier molecular flexibility index (Phi) is 6.56. The Balaban J connectivity index is 1.85. The summed E-state index contributed by atoms with van der Waals surface area (Å²) in [4.78, 5) is 14.3. The van der Waals surface area contributed by atoms with E-state index in [0.29, 0.717) is 22.2 Å². The Hall–Kier alpha value is -3.04. The molecular weight excluding hydrogens is 442 g/mol. The van der Waals surface area contributed by atoms with Crippen LogP contribution in [0, 0.1) is 13.8 Å². The fourth-order valence-corrected chi connectivity index (χ4v) is 4.30. The highest BCUT2D eigenvalue weighted by molar-refractivity contribution is 7.92. The molecule has 0 bridgehead atoms. The molecule has 1 heterocycles. The molecule has 10 heteroatoms. The third kappa shape index (κ3) is 5.00. The molecule has 0 saturated heterocycles. The zero-order valence-corrected chi connectivity index (χ0v) is 19.0. The summed E-state index contributed by atoms with van der Waals surface area (Å²) in [6.45, 7) is 3.86. The van der Waals surface area contributed by atoms with Gasteiger partial charge in [-0.15, -0.1) is 0 Å². The molecule has 0 fully saturated rings. The number of hydrogen-bond donors (Lipinski definition) is 1. The highest BCUT2D eigenvalue weighted by atomic mass is 35.5. The van der Waals surface area contributed by atoms with Gasteiger partial charge in [0.2, 0.25) is 0 Å². The number of halogens is 1. The molecule has 31 heavy (non-hydrogen) atoms. The number of carbonyl (C=O) groups excluding carboxylic acids is 1. The molecule has 3 rings (SSSR count). The zero-order chi connectivity index (χ0) is 22.8. The molecule has 0 unspecified atom stereocenters. The van der Waals surface area contributed by atoms with Crippen molar-refractivity contribution in [1.29, 1.82) is 0 Å². The van der Waals surface area contributed by atoms with E-state index in [1.165, 1.54) is 36.3 Å². The molecule has 0 aliphatic carbocycles. The van der Waals surface area contributed by atoms with Crippen LogP contribution < -0.4 is 9.46 Å². The molecule has 164 valence electrons. The third-order valence-electron chi connectivity index (χ3n) is 4.72. The summed E-state index contributed by atoms with van der Waals surface area (Å²) in [5.74, 6) is 0.616. The number of ether oxygens (including phenoxy) is 1. The molecule has 0 spiro atoms. The lowest BCUT2D eigenvalue weighted by atomic mass is 10.1. The predicted octanol–water partition coefficient (Wildman–Crippen LogP) is 4.03. The van der Waals surface area contributed by atoms with E-state index in [4.69, 9.17) is 20.9 Å². The molecule has 0 radical (unpaired) electrons. The zero-order valence-electron chi connectivity index (χ0n) is 17.5. The largest absolute Gasteiger partial charge is 0.495 e. The van der Waals surface area contributed by atoms with Gasteiger partial charge in [0.15, 0.2) is 0 Å². The van der Waals surface area contributed by atoms with Gasteiger partial charge in [0.1, 0.15) is 11.5 Å². The molecule has 2 aromatic carbocycles. The summed E-state index contributed by atoms with van der Waals surface area (Å²) in [5, 5.41) is 4.24. The fraction of sp³-hybridized carbons (Fsp3) is 0.238. The van der Waals surface area contributed by atoms with Crippen molar-refractivity contribution in [3.8, 4) is 5.75 Å². The predicted molar refractivity (Wildman–Crippen MR) is 117 cm³/mol. The van der Waals surface area contributed by atoms with Crippen LogP contribution in [0.2, 0.25) is 5.02 Å². The molecule has 0 aliphatic rings. The maximum atomic E-state index is 12.9. The number of nitrogens with zero attached hydrogens (tertiary/aromatic N) is 2. The summed E-state index contributed by atoms with van der Waals surface area (Å²) in [6, 6.07) is 10.4. The number of methoxy groups -OCH3 is 1. The molecule has 3 aromatic rings. The second kappa shape index (κ2) is 8.99. The maximum absolute atomic E-state index is 12.9. The van der Waals surface area contributed by atoms with Crippen molar-refractivity contribution in [3.05, 3.63) is 70.1 Å². The van der Waals surface area contributed by atoms with Crippen molar-refractivity contribution in [3.63, 3.8) is 0 Å². The second-order valence-corrected chi connectivity index (χ2v) is 9.06. The number of aryl methyl sites for hydroxylation is 2. The minimum Gasteiger partial charge on any atom is -0.495 e. The number of aromatic nitrogens is 1. The highest BCUT2D eigenvalue weighted by Gasteiger charge is 2.21. The number of benzene rings is 2.